The summed E-state index contributed by atoms with van der Waals surface area (Å²) in [4.78, 5) is 22.0. The minimum atomic E-state index is -0.247. The van der Waals surface area contributed by atoms with E-state index >= 15 is 0 Å². The summed E-state index contributed by atoms with van der Waals surface area (Å²) >= 11 is 0. The minimum absolute atomic E-state index is 0.0678. The Morgan fingerprint density at radius 2 is 0.711 bits per heavy atom. The lowest BCUT2D eigenvalue weighted by atomic mass is 10.0. The topological polar surface area (TPSA) is 52.6 Å². The normalized spacial score (nSPS) is 11.3. The fraction of sp³-hybridized carbons (Fsp3) is 0.882. The van der Waals surface area contributed by atoms with E-state index in [1.54, 1.807) is 0 Å². The van der Waals surface area contributed by atoms with Gasteiger partial charge in [0.2, 0.25) is 0 Å². The van der Waals surface area contributed by atoms with Gasteiger partial charge in [-0.3, -0.25) is 4.79 Å². The molecule has 0 bridgehead atoms. The molecule has 224 valence electrons. The number of rotatable bonds is 30. The van der Waals surface area contributed by atoms with Crippen LogP contribution in [0.4, 0.5) is 0 Å². The highest BCUT2D eigenvalue weighted by molar-refractivity contribution is 5.81. The van der Waals surface area contributed by atoms with Gasteiger partial charge in [0.25, 0.3) is 0 Å². The molecular weight excluding hydrogens is 472 g/mol. The Kier molecular flexibility index (Phi) is 30.8. The molecule has 0 spiro atoms. The van der Waals surface area contributed by atoms with Crippen LogP contribution in [-0.2, 0) is 19.1 Å². The smallest absolute Gasteiger partial charge is 0.330 e. The van der Waals surface area contributed by atoms with Gasteiger partial charge < -0.3 is 9.47 Å². The third-order valence-corrected chi connectivity index (χ3v) is 7.68. The van der Waals surface area contributed by atoms with Crippen LogP contribution in [0.3, 0.4) is 0 Å². The first kappa shape index (κ1) is 36.7. The molecule has 0 radical (unpaired) electrons. The lowest BCUT2D eigenvalue weighted by Gasteiger charge is -2.04. The molecule has 0 aromatic carbocycles. The van der Waals surface area contributed by atoms with Gasteiger partial charge in [0.15, 0.2) is 0 Å². The van der Waals surface area contributed by atoms with Gasteiger partial charge in [-0.1, -0.05) is 160 Å². The van der Waals surface area contributed by atoms with Crippen molar-refractivity contribution in [1.29, 1.82) is 0 Å². The van der Waals surface area contributed by atoms with Gasteiger partial charge in [-0.05, 0) is 19.3 Å². The predicted molar refractivity (Wildman–Crippen MR) is 162 cm³/mol. The van der Waals surface area contributed by atoms with Gasteiger partial charge in [-0.15, -0.1) is 0 Å². The molecule has 0 aromatic heterocycles. The standard InChI is InChI=1S/C34H64O4/c1-37-33(35)31-29-27-25-23-21-19-17-15-13-11-9-7-5-3-4-6-8-10-12-14-16-18-20-22-24-26-28-30-32-34(36)38-2/h29,31H,3-28,30,32H2,1-2H3/b31-29+. The Labute approximate surface area is 237 Å². The van der Waals surface area contributed by atoms with Crippen LogP contribution in [0.5, 0.6) is 0 Å². The Bertz CT molecular complexity index is 529. The van der Waals surface area contributed by atoms with E-state index < -0.39 is 0 Å². The van der Waals surface area contributed by atoms with E-state index in [1.165, 1.54) is 181 Å². The lowest BCUT2D eigenvalue weighted by molar-refractivity contribution is -0.140. The predicted octanol–water partition coefficient (Wildman–Crippen LogP) is 10.8. The number of ether oxygens (including phenoxy) is 2. The summed E-state index contributed by atoms with van der Waals surface area (Å²) in [7, 11) is 2.89. The summed E-state index contributed by atoms with van der Waals surface area (Å²) < 4.78 is 9.26. The van der Waals surface area contributed by atoms with E-state index in [0.717, 1.165) is 12.8 Å². The summed E-state index contributed by atoms with van der Waals surface area (Å²) in [5.74, 6) is -0.315. The molecule has 0 saturated heterocycles. The highest BCUT2D eigenvalue weighted by Gasteiger charge is 1.99. The molecule has 0 aliphatic heterocycles. The van der Waals surface area contributed by atoms with E-state index in [4.69, 9.17) is 0 Å². The van der Waals surface area contributed by atoms with Crippen molar-refractivity contribution in [3.63, 3.8) is 0 Å². The maximum absolute atomic E-state index is 11.0. The maximum Gasteiger partial charge on any atom is 0.330 e. The van der Waals surface area contributed by atoms with E-state index in [1.807, 2.05) is 6.08 Å². The van der Waals surface area contributed by atoms with Crippen molar-refractivity contribution in [3.8, 4) is 0 Å². The van der Waals surface area contributed by atoms with Crippen molar-refractivity contribution in [2.75, 3.05) is 14.2 Å². The van der Waals surface area contributed by atoms with Crippen LogP contribution in [0.2, 0.25) is 0 Å². The zero-order valence-electron chi connectivity index (χ0n) is 25.6. The van der Waals surface area contributed by atoms with Gasteiger partial charge >= 0.3 is 11.9 Å². The maximum atomic E-state index is 11.0. The SMILES string of the molecule is COC(=O)/C=C/CCCCCCCCCCCCCCCCCCCCCCCCCCCCC(=O)OC. The van der Waals surface area contributed by atoms with Crippen molar-refractivity contribution in [2.45, 2.75) is 180 Å². The van der Waals surface area contributed by atoms with Crippen molar-refractivity contribution in [2.24, 2.45) is 0 Å². The Balaban J connectivity index is 3.08. The molecule has 0 saturated carbocycles. The van der Waals surface area contributed by atoms with Crippen LogP contribution >= 0.6 is 0 Å². The highest BCUT2D eigenvalue weighted by atomic mass is 16.5. The largest absolute Gasteiger partial charge is 0.469 e. The first-order chi connectivity index (χ1) is 18.7. The van der Waals surface area contributed by atoms with Crippen LogP contribution in [0.1, 0.15) is 180 Å². The Morgan fingerprint density at radius 3 is 1.00 bits per heavy atom. The zero-order valence-corrected chi connectivity index (χ0v) is 25.6. The average Bonchev–Trinajstić information content (AvgIpc) is 2.93. The highest BCUT2D eigenvalue weighted by Crippen LogP contribution is 2.16. The van der Waals surface area contributed by atoms with Crippen molar-refractivity contribution < 1.29 is 19.1 Å². The van der Waals surface area contributed by atoms with Crippen LogP contribution in [-0.4, -0.2) is 26.2 Å². The summed E-state index contributed by atoms with van der Waals surface area (Å²) in [5.41, 5.74) is 0. The fourth-order valence-electron chi connectivity index (χ4n) is 5.12. The van der Waals surface area contributed by atoms with Crippen LogP contribution < -0.4 is 0 Å². The molecule has 0 N–H and O–H groups in total. The van der Waals surface area contributed by atoms with Gasteiger partial charge in [0.05, 0.1) is 14.2 Å². The van der Waals surface area contributed by atoms with E-state index in [9.17, 15) is 9.59 Å². The molecule has 0 rings (SSSR count). The number of hydrogen-bond acceptors (Lipinski definition) is 4. The second-order valence-electron chi connectivity index (χ2n) is 11.2. The minimum Gasteiger partial charge on any atom is -0.469 e. The van der Waals surface area contributed by atoms with Crippen LogP contribution in [0, 0.1) is 0 Å². The number of esters is 2. The summed E-state index contributed by atoms with van der Waals surface area (Å²) in [6.45, 7) is 0. The van der Waals surface area contributed by atoms with Gasteiger partial charge in [-0.25, -0.2) is 4.79 Å². The van der Waals surface area contributed by atoms with E-state index in [-0.39, 0.29) is 11.9 Å². The Morgan fingerprint density at radius 1 is 0.421 bits per heavy atom. The van der Waals surface area contributed by atoms with Crippen LogP contribution in [0.15, 0.2) is 12.2 Å². The van der Waals surface area contributed by atoms with Crippen molar-refractivity contribution in [3.05, 3.63) is 12.2 Å². The van der Waals surface area contributed by atoms with Gasteiger partial charge in [0.1, 0.15) is 0 Å². The lowest BCUT2D eigenvalue weighted by Crippen LogP contribution is -1.99. The molecule has 0 aromatic rings. The van der Waals surface area contributed by atoms with E-state index in [0.29, 0.717) is 6.42 Å². The monoisotopic (exact) mass is 536 g/mol. The van der Waals surface area contributed by atoms with Gasteiger partial charge in [0, 0.05) is 12.5 Å². The summed E-state index contributed by atoms with van der Waals surface area (Å²) in [6, 6.07) is 0. The molecule has 4 heteroatoms. The first-order valence-corrected chi connectivity index (χ1v) is 16.5. The molecule has 0 fully saturated rings. The van der Waals surface area contributed by atoms with Crippen molar-refractivity contribution in [1.82, 2.24) is 0 Å². The average molecular weight is 537 g/mol. The number of carbonyl (C=O) groups is 2. The van der Waals surface area contributed by atoms with Crippen molar-refractivity contribution >= 4 is 11.9 Å². The molecular formula is C34H64O4. The zero-order chi connectivity index (χ0) is 27.8. The van der Waals surface area contributed by atoms with Gasteiger partial charge in [-0.2, -0.15) is 0 Å². The second-order valence-corrected chi connectivity index (χ2v) is 11.2. The molecule has 0 aliphatic rings. The second kappa shape index (κ2) is 31.9. The number of hydrogen-bond donors (Lipinski definition) is 0. The summed E-state index contributed by atoms with van der Waals surface area (Å²) in [6.07, 6.45) is 40.5. The van der Waals surface area contributed by atoms with E-state index in [2.05, 4.69) is 9.47 Å². The molecule has 0 unspecified atom stereocenters. The molecule has 0 amide bonds. The molecule has 38 heavy (non-hydrogen) atoms. The fourth-order valence-corrected chi connectivity index (χ4v) is 5.12. The number of allylic oxidation sites excluding steroid dienone is 1. The third kappa shape index (κ3) is 30.9. The third-order valence-electron chi connectivity index (χ3n) is 7.68. The molecule has 0 atom stereocenters. The summed E-state index contributed by atoms with van der Waals surface area (Å²) in [5, 5.41) is 0. The number of unbranched alkanes of at least 4 members (excludes halogenated alkanes) is 26. The molecule has 0 heterocycles. The molecule has 4 nitrogen and oxygen atoms in total. The molecule has 0 aliphatic carbocycles. The Hall–Kier alpha value is -1.32. The number of carbonyl (C=O) groups excluding carboxylic acids is 2. The quantitative estimate of drug-likeness (QED) is 0.0520. The van der Waals surface area contributed by atoms with Crippen LogP contribution in [0.25, 0.3) is 0 Å². The first-order valence-electron chi connectivity index (χ1n) is 16.5. The number of methoxy groups -OCH3 is 2.